The number of hydrogen-bond acceptors (Lipinski definition) is 4. The van der Waals surface area contributed by atoms with Gasteiger partial charge >= 0.3 is 0 Å². The molecule has 7 heteroatoms. The Bertz CT molecular complexity index is 861. The first kappa shape index (κ1) is 20.2. The van der Waals surface area contributed by atoms with E-state index < -0.39 is 10.8 Å². The molecule has 1 aliphatic heterocycles. The fraction of sp³-hybridized carbons (Fsp3) is 0.333. The third-order valence-electron chi connectivity index (χ3n) is 4.57. The molecule has 3 rings (SSSR count). The monoisotopic (exact) mass is 400 g/mol. The number of morpholine rings is 1. The zero-order valence-corrected chi connectivity index (χ0v) is 16.7. The number of nitrogens with one attached hydrogen (secondary N) is 1. The van der Waals surface area contributed by atoms with E-state index in [2.05, 4.69) is 5.32 Å². The van der Waals surface area contributed by atoms with Crippen molar-refractivity contribution in [3.05, 3.63) is 59.7 Å². The van der Waals surface area contributed by atoms with Crippen LogP contribution in [-0.2, 0) is 26.8 Å². The summed E-state index contributed by atoms with van der Waals surface area (Å²) in [7, 11) is -1.21. The normalized spacial score (nSPS) is 15.1. The molecular weight excluding hydrogens is 376 g/mol. The van der Waals surface area contributed by atoms with Crippen LogP contribution in [0.5, 0.6) is 0 Å². The molecule has 1 fully saturated rings. The van der Waals surface area contributed by atoms with Crippen LogP contribution in [0, 0.1) is 0 Å². The van der Waals surface area contributed by atoms with Crippen molar-refractivity contribution in [3.63, 3.8) is 0 Å². The molecule has 2 amide bonds. The molecule has 0 spiro atoms. The van der Waals surface area contributed by atoms with E-state index in [1.807, 2.05) is 24.0 Å². The van der Waals surface area contributed by atoms with Crippen LogP contribution >= 0.6 is 0 Å². The number of hydrogen-bond donors (Lipinski definition) is 1. The minimum atomic E-state index is -1.21. The van der Waals surface area contributed by atoms with E-state index in [0.29, 0.717) is 54.6 Å². The second kappa shape index (κ2) is 9.61. The van der Waals surface area contributed by atoms with Gasteiger partial charge in [0.15, 0.2) is 0 Å². The van der Waals surface area contributed by atoms with E-state index in [1.54, 1.807) is 36.4 Å². The van der Waals surface area contributed by atoms with Crippen LogP contribution in [0.1, 0.15) is 22.8 Å². The lowest BCUT2D eigenvalue weighted by Gasteiger charge is -2.26. The number of rotatable bonds is 6. The maximum Gasteiger partial charge on any atom is 0.256 e. The maximum absolute atomic E-state index is 12.6. The highest BCUT2D eigenvalue weighted by Gasteiger charge is 2.17. The molecule has 1 N–H and O–H groups in total. The molecule has 1 aliphatic rings. The van der Waals surface area contributed by atoms with Gasteiger partial charge in [-0.2, -0.15) is 0 Å². The smallest absolute Gasteiger partial charge is 0.256 e. The molecule has 0 saturated carbocycles. The highest BCUT2D eigenvalue weighted by molar-refractivity contribution is 7.85. The van der Waals surface area contributed by atoms with Crippen molar-refractivity contribution in [2.24, 2.45) is 0 Å². The van der Waals surface area contributed by atoms with E-state index in [1.165, 1.54) is 0 Å². The zero-order valence-electron chi connectivity index (χ0n) is 15.8. The van der Waals surface area contributed by atoms with Crippen molar-refractivity contribution in [1.82, 2.24) is 4.90 Å². The first-order valence-electron chi connectivity index (χ1n) is 9.31. The van der Waals surface area contributed by atoms with Gasteiger partial charge in [-0.05, 0) is 29.8 Å². The first-order valence-corrected chi connectivity index (χ1v) is 10.6. The van der Waals surface area contributed by atoms with Gasteiger partial charge in [0, 0.05) is 24.5 Å². The second-order valence-corrected chi connectivity index (χ2v) is 8.16. The number of carbonyl (C=O) groups is 2. The van der Waals surface area contributed by atoms with E-state index in [-0.39, 0.29) is 11.8 Å². The number of nitrogens with zero attached hydrogens (tertiary/aromatic N) is 1. The van der Waals surface area contributed by atoms with Crippen molar-refractivity contribution in [1.29, 1.82) is 0 Å². The zero-order chi connectivity index (χ0) is 19.9. The number of amides is 2. The molecule has 6 nitrogen and oxygen atoms in total. The van der Waals surface area contributed by atoms with Crippen LogP contribution < -0.4 is 5.32 Å². The molecular formula is C21H24N2O4S. The van der Waals surface area contributed by atoms with Gasteiger partial charge in [0.2, 0.25) is 5.91 Å². The predicted octanol–water partition coefficient (Wildman–Crippen LogP) is 2.47. The topological polar surface area (TPSA) is 75.7 Å². The lowest BCUT2D eigenvalue weighted by Crippen LogP contribution is -2.41. The van der Waals surface area contributed by atoms with Crippen molar-refractivity contribution < 1.29 is 18.5 Å². The quantitative estimate of drug-likeness (QED) is 0.808. The Morgan fingerprint density at radius 2 is 1.75 bits per heavy atom. The Labute approximate surface area is 167 Å². The van der Waals surface area contributed by atoms with Crippen molar-refractivity contribution in [3.8, 4) is 0 Å². The molecule has 148 valence electrons. The average Bonchev–Trinajstić information content (AvgIpc) is 2.75. The summed E-state index contributed by atoms with van der Waals surface area (Å²) in [5.74, 6) is 0.237. The standard InChI is InChI=1S/C21H24N2O4S/c1-2-28(26)19-6-4-3-5-18(19)21(25)22-17-9-7-16(8-10-17)15-20(24)23-11-13-27-14-12-23/h3-10H,2,11-15H2,1H3,(H,22,25). The van der Waals surface area contributed by atoms with Gasteiger partial charge < -0.3 is 15.0 Å². The highest BCUT2D eigenvalue weighted by atomic mass is 32.2. The van der Waals surface area contributed by atoms with Gasteiger partial charge in [-0.25, -0.2) is 0 Å². The fourth-order valence-corrected chi connectivity index (χ4v) is 3.96. The summed E-state index contributed by atoms with van der Waals surface area (Å²) in [6.07, 6.45) is 0.326. The summed E-state index contributed by atoms with van der Waals surface area (Å²) in [6.45, 7) is 4.25. The van der Waals surface area contributed by atoms with E-state index >= 15 is 0 Å². The molecule has 1 saturated heterocycles. The summed E-state index contributed by atoms with van der Waals surface area (Å²) in [5.41, 5.74) is 1.93. The second-order valence-electron chi connectivity index (χ2n) is 6.45. The largest absolute Gasteiger partial charge is 0.378 e. The number of ether oxygens (including phenoxy) is 1. The number of anilines is 1. The van der Waals surface area contributed by atoms with Crippen LogP contribution in [0.15, 0.2) is 53.4 Å². The minimum absolute atomic E-state index is 0.0797. The Morgan fingerprint density at radius 1 is 1.07 bits per heavy atom. The molecule has 2 aromatic rings. The fourth-order valence-electron chi connectivity index (χ4n) is 3.01. The lowest BCUT2D eigenvalue weighted by atomic mass is 10.1. The van der Waals surface area contributed by atoms with Crippen molar-refractivity contribution in [2.75, 3.05) is 37.4 Å². The Morgan fingerprint density at radius 3 is 2.43 bits per heavy atom. The van der Waals surface area contributed by atoms with Crippen molar-refractivity contribution in [2.45, 2.75) is 18.2 Å². The number of benzene rings is 2. The van der Waals surface area contributed by atoms with Gasteiger partial charge in [-0.15, -0.1) is 0 Å². The Balaban J connectivity index is 1.63. The average molecular weight is 401 g/mol. The molecule has 28 heavy (non-hydrogen) atoms. The van der Waals surface area contributed by atoms with E-state index in [4.69, 9.17) is 4.74 Å². The number of carbonyl (C=O) groups excluding carboxylic acids is 2. The Hall–Kier alpha value is -2.51. The van der Waals surface area contributed by atoms with Crippen LogP contribution in [-0.4, -0.2) is 53.0 Å². The van der Waals surface area contributed by atoms with Crippen LogP contribution in [0.3, 0.4) is 0 Å². The van der Waals surface area contributed by atoms with E-state index in [9.17, 15) is 13.8 Å². The third-order valence-corrected chi connectivity index (χ3v) is 5.94. The molecule has 0 aromatic heterocycles. The minimum Gasteiger partial charge on any atom is -0.378 e. The molecule has 0 bridgehead atoms. The summed E-state index contributed by atoms with van der Waals surface area (Å²) in [5, 5.41) is 2.84. The predicted molar refractivity (Wildman–Crippen MR) is 109 cm³/mol. The van der Waals surface area contributed by atoms with Crippen LogP contribution in [0.2, 0.25) is 0 Å². The SMILES string of the molecule is CCS(=O)c1ccccc1C(=O)Nc1ccc(CC(=O)N2CCOCC2)cc1. The van der Waals surface area contributed by atoms with Gasteiger partial charge in [0.05, 0.1) is 40.9 Å². The summed E-state index contributed by atoms with van der Waals surface area (Å²) in [6, 6.07) is 14.2. The van der Waals surface area contributed by atoms with E-state index in [0.717, 1.165) is 5.56 Å². The van der Waals surface area contributed by atoms with Gasteiger partial charge in [-0.3, -0.25) is 13.8 Å². The first-order chi connectivity index (χ1) is 13.6. The summed E-state index contributed by atoms with van der Waals surface area (Å²) >= 11 is 0. The molecule has 1 heterocycles. The van der Waals surface area contributed by atoms with Crippen LogP contribution in [0.25, 0.3) is 0 Å². The molecule has 1 unspecified atom stereocenters. The van der Waals surface area contributed by atoms with Crippen LogP contribution in [0.4, 0.5) is 5.69 Å². The summed E-state index contributed by atoms with van der Waals surface area (Å²) < 4.78 is 17.4. The summed E-state index contributed by atoms with van der Waals surface area (Å²) in [4.78, 5) is 27.3. The molecule has 0 radical (unpaired) electrons. The van der Waals surface area contributed by atoms with Gasteiger partial charge in [0.25, 0.3) is 5.91 Å². The third kappa shape index (κ3) is 5.05. The molecule has 0 aliphatic carbocycles. The van der Waals surface area contributed by atoms with Crippen molar-refractivity contribution >= 4 is 28.3 Å². The maximum atomic E-state index is 12.6. The van der Waals surface area contributed by atoms with Gasteiger partial charge in [-0.1, -0.05) is 31.2 Å². The molecule has 1 atom stereocenters. The van der Waals surface area contributed by atoms with Gasteiger partial charge in [0.1, 0.15) is 0 Å². The Kier molecular flexibility index (Phi) is 6.95. The highest BCUT2D eigenvalue weighted by Crippen LogP contribution is 2.17. The molecule has 2 aromatic carbocycles. The lowest BCUT2D eigenvalue weighted by molar-refractivity contribution is -0.134.